The van der Waals surface area contributed by atoms with Crippen molar-refractivity contribution in [3.63, 3.8) is 0 Å². The van der Waals surface area contributed by atoms with Crippen LogP contribution >= 0.6 is 15.9 Å². The van der Waals surface area contributed by atoms with Crippen molar-refractivity contribution in [2.24, 2.45) is 0 Å². The van der Waals surface area contributed by atoms with E-state index in [-0.39, 0.29) is 0 Å². The molecule has 3 rings (SSSR count). The molecule has 1 aromatic carbocycles. The molecule has 2 nitrogen and oxygen atoms in total. The molecular weight excluding hydrogens is 280 g/mol. The monoisotopic (exact) mass is 296 g/mol. The van der Waals surface area contributed by atoms with Gasteiger partial charge in [0.25, 0.3) is 0 Å². The Bertz CT molecular complexity index is 422. The third-order valence-electron chi connectivity index (χ3n) is 3.70. The molecule has 2 aliphatic rings. The summed E-state index contributed by atoms with van der Waals surface area (Å²) in [5, 5.41) is 9.89. The molecule has 0 radical (unpaired) electrons. The Hall–Kier alpha value is -0.540. The van der Waals surface area contributed by atoms with Crippen molar-refractivity contribution in [2.45, 2.75) is 50.2 Å². The third kappa shape index (κ3) is 2.66. The van der Waals surface area contributed by atoms with Gasteiger partial charge in [0.1, 0.15) is 5.75 Å². The van der Waals surface area contributed by atoms with Gasteiger partial charge in [-0.05, 0) is 65.7 Å². The van der Waals surface area contributed by atoms with Gasteiger partial charge in [-0.2, -0.15) is 0 Å². The Kier molecular flexibility index (Phi) is 2.91. The highest BCUT2D eigenvalue weighted by Crippen LogP contribution is 2.39. The molecule has 0 atom stereocenters. The molecule has 0 bridgehead atoms. The van der Waals surface area contributed by atoms with Crippen molar-refractivity contribution in [3.05, 3.63) is 28.2 Å². The van der Waals surface area contributed by atoms with E-state index in [0.29, 0.717) is 6.10 Å². The second-order valence-electron chi connectivity index (χ2n) is 5.34. The first kappa shape index (κ1) is 11.5. The summed E-state index contributed by atoms with van der Waals surface area (Å²) < 4.78 is 6.88. The fourth-order valence-electron chi connectivity index (χ4n) is 2.12. The molecular formula is C14H17BrO2. The van der Waals surface area contributed by atoms with Gasteiger partial charge in [0.2, 0.25) is 0 Å². The van der Waals surface area contributed by atoms with Crippen LogP contribution in [0, 0.1) is 0 Å². The summed E-state index contributed by atoms with van der Waals surface area (Å²) in [6, 6.07) is 6.16. The van der Waals surface area contributed by atoms with E-state index in [2.05, 4.69) is 28.1 Å². The summed E-state index contributed by atoms with van der Waals surface area (Å²) in [5.74, 6) is 0.932. The number of aliphatic hydroxyl groups is 1. The molecule has 0 aromatic heterocycles. The second-order valence-corrected chi connectivity index (χ2v) is 6.19. The van der Waals surface area contributed by atoms with Crippen LogP contribution in [0.15, 0.2) is 22.7 Å². The van der Waals surface area contributed by atoms with Gasteiger partial charge in [-0.1, -0.05) is 6.07 Å². The molecule has 0 amide bonds. The van der Waals surface area contributed by atoms with Gasteiger partial charge in [-0.25, -0.2) is 0 Å². The van der Waals surface area contributed by atoms with E-state index in [1.807, 2.05) is 6.07 Å². The van der Waals surface area contributed by atoms with Gasteiger partial charge in [0.15, 0.2) is 0 Å². The van der Waals surface area contributed by atoms with E-state index in [0.717, 1.165) is 29.5 Å². The van der Waals surface area contributed by atoms with Crippen LogP contribution in [0.2, 0.25) is 0 Å². The van der Waals surface area contributed by atoms with Crippen LogP contribution < -0.4 is 4.74 Å². The smallest absolute Gasteiger partial charge is 0.133 e. The van der Waals surface area contributed by atoms with Crippen LogP contribution in [0.5, 0.6) is 5.75 Å². The zero-order chi connectivity index (χ0) is 11.9. The summed E-state index contributed by atoms with van der Waals surface area (Å²) in [5.41, 5.74) is 0.758. The lowest BCUT2D eigenvalue weighted by Crippen LogP contribution is -2.24. The Balaban J connectivity index is 1.69. The SMILES string of the molecule is OC1(Cc2ccc(OC3CCC3)c(Br)c2)CC1. The standard InChI is InChI=1S/C14H17BrO2/c15-12-8-10(9-14(16)6-7-14)4-5-13(12)17-11-2-1-3-11/h4-5,8,11,16H,1-3,6-7,9H2. The predicted molar refractivity (Wildman–Crippen MR) is 70.3 cm³/mol. The highest BCUT2D eigenvalue weighted by molar-refractivity contribution is 9.10. The molecule has 17 heavy (non-hydrogen) atoms. The van der Waals surface area contributed by atoms with E-state index >= 15 is 0 Å². The van der Waals surface area contributed by atoms with Crippen LogP contribution in [-0.2, 0) is 6.42 Å². The van der Waals surface area contributed by atoms with Crippen molar-refractivity contribution in [3.8, 4) is 5.75 Å². The number of ether oxygens (including phenoxy) is 1. The lowest BCUT2D eigenvalue weighted by atomic mass is 9.96. The highest BCUT2D eigenvalue weighted by Gasteiger charge is 2.40. The Labute approximate surface area is 110 Å². The fourth-order valence-corrected chi connectivity index (χ4v) is 2.64. The Morgan fingerprint density at radius 1 is 1.35 bits per heavy atom. The molecule has 1 aromatic rings. The molecule has 2 fully saturated rings. The minimum atomic E-state index is -0.421. The number of rotatable bonds is 4. The number of hydrogen-bond acceptors (Lipinski definition) is 2. The van der Waals surface area contributed by atoms with Crippen molar-refractivity contribution in [1.82, 2.24) is 0 Å². The predicted octanol–water partition coefficient (Wildman–Crippen LogP) is 3.45. The summed E-state index contributed by atoms with van der Waals surface area (Å²) >= 11 is 3.55. The van der Waals surface area contributed by atoms with E-state index in [9.17, 15) is 5.11 Å². The van der Waals surface area contributed by atoms with Gasteiger partial charge in [-0.3, -0.25) is 0 Å². The first-order chi connectivity index (χ1) is 8.15. The average molecular weight is 297 g/mol. The quantitative estimate of drug-likeness (QED) is 0.922. The van der Waals surface area contributed by atoms with E-state index in [1.165, 1.54) is 24.8 Å². The molecule has 0 heterocycles. The summed E-state index contributed by atoms with van der Waals surface area (Å²) in [7, 11) is 0. The normalized spacial score (nSPS) is 22.0. The van der Waals surface area contributed by atoms with E-state index in [1.54, 1.807) is 0 Å². The highest BCUT2D eigenvalue weighted by atomic mass is 79.9. The first-order valence-corrected chi connectivity index (χ1v) is 7.11. The molecule has 2 saturated carbocycles. The van der Waals surface area contributed by atoms with Crippen molar-refractivity contribution in [2.75, 3.05) is 0 Å². The first-order valence-electron chi connectivity index (χ1n) is 6.32. The van der Waals surface area contributed by atoms with Crippen LogP contribution in [0.25, 0.3) is 0 Å². The van der Waals surface area contributed by atoms with Crippen molar-refractivity contribution >= 4 is 15.9 Å². The van der Waals surface area contributed by atoms with Crippen LogP contribution in [0.4, 0.5) is 0 Å². The zero-order valence-corrected chi connectivity index (χ0v) is 11.4. The summed E-state index contributed by atoms with van der Waals surface area (Å²) in [6.45, 7) is 0. The van der Waals surface area contributed by atoms with Gasteiger partial charge in [0, 0.05) is 6.42 Å². The minimum absolute atomic E-state index is 0.407. The van der Waals surface area contributed by atoms with E-state index < -0.39 is 5.60 Å². The van der Waals surface area contributed by atoms with Crippen molar-refractivity contribution in [1.29, 1.82) is 0 Å². The van der Waals surface area contributed by atoms with Crippen molar-refractivity contribution < 1.29 is 9.84 Å². The van der Waals surface area contributed by atoms with Gasteiger partial charge >= 0.3 is 0 Å². The van der Waals surface area contributed by atoms with Gasteiger partial charge in [-0.15, -0.1) is 0 Å². The maximum absolute atomic E-state index is 9.89. The largest absolute Gasteiger partial charge is 0.489 e. The lowest BCUT2D eigenvalue weighted by Gasteiger charge is -2.27. The topological polar surface area (TPSA) is 29.5 Å². The number of benzene rings is 1. The van der Waals surface area contributed by atoms with Gasteiger partial charge in [0.05, 0.1) is 16.2 Å². The second kappa shape index (κ2) is 4.29. The molecule has 0 aliphatic heterocycles. The Morgan fingerprint density at radius 2 is 2.12 bits per heavy atom. The molecule has 2 aliphatic carbocycles. The van der Waals surface area contributed by atoms with Gasteiger partial charge < -0.3 is 9.84 Å². The number of halogens is 1. The lowest BCUT2D eigenvalue weighted by molar-refractivity contribution is 0.119. The maximum atomic E-state index is 9.89. The van der Waals surface area contributed by atoms with Crippen LogP contribution in [0.3, 0.4) is 0 Å². The summed E-state index contributed by atoms with van der Waals surface area (Å²) in [4.78, 5) is 0. The number of hydrogen-bond donors (Lipinski definition) is 1. The maximum Gasteiger partial charge on any atom is 0.133 e. The fraction of sp³-hybridized carbons (Fsp3) is 0.571. The Morgan fingerprint density at radius 3 is 2.65 bits per heavy atom. The molecule has 0 saturated heterocycles. The third-order valence-corrected chi connectivity index (χ3v) is 4.32. The minimum Gasteiger partial charge on any atom is -0.489 e. The zero-order valence-electron chi connectivity index (χ0n) is 9.79. The average Bonchev–Trinajstić information content (AvgIpc) is 2.92. The molecule has 1 N–H and O–H groups in total. The molecule has 92 valence electrons. The molecule has 0 spiro atoms. The molecule has 3 heteroatoms. The summed E-state index contributed by atoms with van der Waals surface area (Å²) in [6.07, 6.45) is 6.67. The molecule has 0 unspecified atom stereocenters. The van der Waals surface area contributed by atoms with Crippen LogP contribution in [-0.4, -0.2) is 16.8 Å². The van der Waals surface area contributed by atoms with Crippen LogP contribution in [0.1, 0.15) is 37.7 Å². The van der Waals surface area contributed by atoms with E-state index in [4.69, 9.17) is 4.74 Å².